The highest BCUT2D eigenvalue weighted by molar-refractivity contribution is 7.99. The fourth-order valence-electron chi connectivity index (χ4n) is 3.19. The minimum absolute atomic E-state index is 0.105. The summed E-state index contributed by atoms with van der Waals surface area (Å²) in [5.41, 5.74) is 2.38. The molecule has 1 amide bonds. The maximum absolute atomic E-state index is 14.0. The van der Waals surface area contributed by atoms with E-state index in [0.29, 0.717) is 10.6 Å². The topological polar surface area (TPSA) is 47.4 Å². The second kappa shape index (κ2) is 9.29. The summed E-state index contributed by atoms with van der Waals surface area (Å²) in [5, 5.41) is 1.14. The zero-order valence-corrected chi connectivity index (χ0v) is 17.9. The van der Waals surface area contributed by atoms with Crippen molar-refractivity contribution in [2.75, 3.05) is 19.4 Å². The van der Waals surface area contributed by atoms with E-state index in [1.54, 1.807) is 19.2 Å². The van der Waals surface area contributed by atoms with Crippen molar-refractivity contribution in [1.82, 2.24) is 14.5 Å². The van der Waals surface area contributed by atoms with Gasteiger partial charge in [-0.2, -0.15) is 0 Å². The molecule has 3 rings (SSSR count). The molecule has 0 spiro atoms. The second-order valence-corrected chi connectivity index (χ2v) is 8.40. The average Bonchev–Trinajstić information content (AvgIpc) is 3.26. The third-order valence-electron chi connectivity index (χ3n) is 5.04. The first-order valence-electron chi connectivity index (χ1n) is 9.31. The summed E-state index contributed by atoms with van der Waals surface area (Å²) in [6.45, 7) is 5.70. The van der Waals surface area contributed by atoms with Crippen LogP contribution >= 0.6 is 23.4 Å². The number of hydrogen-bond acceptors (Lipinski definition) is 4. The van der Waals surface area contributed by atoms with Crippen molar-refractivity contribution < 1.29 is 13.9 Å². The number of hydrogen-bond donors (Lipinski definition) is 0. The number of imidazole rings is 1. The van der Waals surface area contributed by atoms with Crippen molar-refractivity contribution >= 4 is 29.3 Å². The Bertz CT molecular complexity index is 832. The number of rotatable bonds is 7. The van der Waals surface area contributed by atoms with Crippen LogP contribution in [0.1, 0.15) is 29.8 Å². The van der Waals surface area contributed by atoms with E-state index < -0.39 is 5.82 Å². The highest BCUT2D eigenvalue weighted by Crippen LogP contribution is 2.25. The van der Waals surface area contributed by atoms with Crippen molar-refractivity contribution in [3.05, 3.63) is 46.0 Å². The first kappa shape index (κ1) is 21.1. The molecule has 0 radical (unpaired) electrons. The molecule has 1 aliphatic heterocycles. The van der Waals surface area contributed by atoms with Gasteiger partial charge in [-0.1, -0.05) is 29.4 Å². The second-order valence-electron chi connectivity index (χ2n) is 7.05. The Balaban J connectivity index is 1.63. The van der Waals surface area contributed by atoms with E-state index in [-0.39, 0.29) is 24.3 Å². The van der Waals surface area contributed by atoms with Crippen LogP contribution in [-0.2, 0) is 22.6 Å². The molecule has 152 valence electrons. The number of thioether (sulfide) groups is 1. The van der Waals surface area contributed by atoms with Gasteiger partial charge in [0.05, 0.1) is 24.1 Å². The molecule has 1 unspecified atom stereocenters. The molecule has 8 heteroatoms. The molecule has 1 atom stereocenters. The molecule has 0 aliphatic carbocycles. The minimum atomic E-state index is -0.404. The maximum atomic E-state index is 14.0. The van der Waals surface area contributed by atoms with Crippen LogP contribution in [0.15, 0.2) is 23.4 Å². The van der Waals surface area contributed by atoms with E-state index >= 15 is 0 Å². The van der Waals surface area contributed by atoms with Crippen molar-refractivity contribution in [3.8, 4) is 0 Å². The van der Waals surface area contributed by atoms with Crippen molar-refractivity contribution in [1.29, 1.82) is 0 Å². The van der Waals surface area contributed by atoms with Crippen LogP contribution in [0.2, 0.25) is 5.02 Å². The Labute approximate surface area is 174 Å². The molecule has 28 heavy (non-hydrogen) atoms. The largest absolute Gasteiger partial charge is 0.376 e. The lowest BCUT2D eigenvalue weighted by molar-refractivity contribution is -0.127. The van der Waals surface area contributed by atoms with E-state index in [9.17, 15) is 9.18 Å². The van der Waals surface area contributed by atoms with Gasteiger partial charge in [0.25, 0.3) is 0 Å². The third kappa shape index (κ3) is 4.88. The first-order chi connectivity index (χ1) is 13.4. The summed E-state index contributed by atoms with van der Waals surface area (Å²) < 4.78 is 21.8. The highest BCUT2D eigenvalue weighted by atomic mass is 35.5. The van der Waals surface area contributed by atoms with Gasteiger partial charge in [0.2, 0.25) is 5.91 Å². The number of aryl methyl sites for hydroxylation is 1. The third-order valence-corrected chi connectivity index (χ3v) is 6.36. The molecule has 2 heterocycles. The van der Waals surface area contributed by atoms with E-state index in [2.05, 4.69) is 9.55 Å². The maximum Gasteiger partial charge on any atom is 0.233 e. The van der Waals surface area contributed by atoms with E-state index in [4.69, 9.17) is 16.3 Å². The molecule has 1 fully saturated rings. The van der Waals surface area contributed by atoms with Crippen molar-refractivity contribution in [2.24, 2.45) is 0 Å². The predicted molar refractivity (Wildman–Crippen MR) is 109 cm³/mol. The smallest absolute Gasteiger partial charge is 0.233 e. The van der Waals surface area contributed by atoms with E-state index in [1.807, 2.05) is 13.8 Å². The lowest BCUT2D eigenvalue weighted by atomic mass is 10.2. The van der Waals surface area contributed by atoms with Gasteiger partial charge in [0.1, 0.15) is 5.82 Å². The van der Waals surface area contributed by atoms with Crippen LogP contribution in [0.3, 0.4) is 0 Å². The van der Waals surface area contributed by atoms with Gasteiger partial charge in [-0.25, -0.2) is 9.37 Å². The number of benzene rings is 1. The highest BCUT2D eigenvalue weighted by Gasteiger charge is 2.21. The SMILES string of the molecule is Cc1nc(SCC(=O)N(C)Cc2c(F)cccc2Cl)n(CC2CCCO2)c1C. The van der Waals surface area contributed by atoms with Gasteiger partial charge >= 0.3 is 0 Å². The zero-order valence-electron chi connectivity index (χ0n) is 16.4. The summed E-state index contributed by atoms with van der Waals surface area (Å²) in [6, 6.07) is 4.53. The van der Waals surface area contributed by atoms with Crippen LogP contribution in [0.5, 0.6) is 0 Å². The van der Waals surface area contributed by atoms with Crippen molar-refractivity contribution in [3.63, 3.8) is 0 Å². The van der Waals surface area contributed by atoms with Crippen LogP contribution in [0.25, 0.3) is 0 Å². The number of halogens is 2. The first-order valence-corrected chi connectivity index (χ1v) is 10.7. The molecule has 1 aromatic heterocycles. The van der Waals surface area contributed by atoms with Crippen LogP contribution in [0, 0.1) is 19.7 Å². The Morgan fingerprint density at radius 2 is 2.25 bits per heavy atom. The standard InChI is InChI=1S/C20H25ClFN3O2S/c1-13-14(2)25(10-15-6-5-9-27-15)20(23-13)28-12-19(26)24(3)11-16-17(21)7-4-8-18(16)22/h4,7-8,15H,5-6,9-12H2,1-3H3. The van der Waals surface area contributed by atoms with Gasteiger partial charge in [-0.05, 0) is 38.8 Å². The lowest BCUT2D eigenvalue weighted by Crippen LogP contribution is -2.28. The van der Waals surface area contributed by atoms with Gasteiger partial charge in [-0.15, -0.1) is 0 Å². The fraction of sp³-hybridized carbons (Fsp3) is 0.500. The molecule has 1 saturated heterocycles. The lowest BCUT2D eigenvalue weighted by Gasteiger charge is -2.19. The fourth-order valence-corrected chi connectivity index (χ4v) is 4.45. The number of carbonyl (C=O) groups is 1. The number of aromatic nitrogens is 2. The zero-order chi connectivity index (χ0) is 20.3. The Morgan fingerprint density at radius 3 is 2.93 bits per heavy atom. The van der Waals surface area contributed by atoms with Crippen LogP contribution in [0.4, 0.5) is 4.39 Å². The van der Waals surface area contributed by atoms with Crippen LogP contribution < -0.4 is 0 Å². The van der Waals surface area contributed by atoms with Gasteiger partial charge in [-0.3, -0.25) is 4.79 Å². The number of ether oxygens (including phenoxy) is 1. The normalized spacial score (nSPS) is 16.5. The van der Waals surface area contributed by atoms with E-state index in [1.165, 1.54) is 22.7 Å². The number of carbonyl (C=O) groups excluding carboxylic acids is 1. The molecule has 0 saturated carbocycles. The molecule has 2 aromatic rings. The summed E-state index contributed by atoms with van der Waals surface area (Å²) in [5.74, 6) is -0.284. The predicted octanol–water partition coefficient (Wildman–Crippen LogP) is 4.22. The summed E-state index contributed by atoms with van der Waals surface area (Å²) in [4.78, 5) is 18.7. The molecule has 0 N–H and O–H groups in total. The average molecular weight is 426 g/mol. The van der Waals surface area contributed by atoms with E-state index in [0.717, 1.165) is 42.5 Å². The van der Waals surface area contributed by atoms with Crippen molar-refractivity contribution in [2.45, 2.75) is 51.0 Å². The Kier molecular flexibility index (Phi) is 7.01. The Morgan fingerprint density at radius 1 is 1.46 bits per heavy atom. The quantitative estimate of drug-likeness (QED) is 0.623. The molecule has 1 aliphatic rings. The molecular weight excluding hydrogens is 401 g/mol. The molecular formula is C20H25ClFN3O2S. The molecule has 0 bridgehead atoms. The summed E-state index contributed by atoms with van der Waals surface area (Å²) in [6.07, 6.45) is 2.33. The number of nitrogens with zero attached hydrogens (tertiary/aromatic N) is 3. The van der Waals surface area contributed by atoms with Gasteiger partial charge in [0, 0.05) is 36.5 Å². The summed E-state index contributed by atoms with van der Waals surface area (Å²) >= 11 is 7.46. The number of amides is 1. The Hall–Kier alpha value is -1.57. The summed E-state index contributed by atoms with van der Waals surface area (Å²) in [7, 11) is 1.65. The monoisotopic (exact) mass is 425 g/mol. The minimum Gasteiger partial charge on any atom is -0.376 e. The van der Waals surface area contributed by atoms with Gasteiger partial charge in [0.15, 0.2) is 5.16 Å². The molecule has 1 aromatic carbocycles. The van der Waals surface area contributed by atoms with Gasteiger partial charge < -0.3 is 14.2 Å². The van der Waals surface area contributed by atoms with Crippen LogP contribution in [-0.4, -0.2) is 45.9 Å². The molecule has 5 nitrogen and oxygen atoms in total.